The Balaban J connectivity index is 1.99. The minimum atomic E-state index is -1.35. The number of carbonyl (C=O) groups excluding carboxylic acids is 1. The molecule has 0 aromatic heterocycles. The van der Waals surface area contributed by atoms with Gasteiger partial charge in [0, 0.05) is 11.1 Å². The fraction of sp³-hybridized carbons (Fsp3) is 0.0952. The molecule has 0 saturated carbocycles. The van der Waals surface area contributed by atoms with Crippen LogP contribution in [0.1, 0.15) is 27.0 Å². The van der Waals surface area contributed by atoms with E-state index < -0.39 is 11.4 Å². The maximum atomic E-state index is 13.9. The Morgan fingerprint density at radius 1 is 0.875 bits per heavy atom. The number of ketones is 1. The Bertz CT molecular complexity index is 931. The van der Waals surface area contributed by atoms with Crippen LogP contribution in [-0.4, -0.2) is 5.78 Å². The van der Waals surface area contributed by atoms with E-state index in [-0.39, 0.29) is 5.78 Å². The standard InChI is InChI=1S/C21H15FO2/c1-14-9-11-15(12-10-14)21(16-5-4-6-17(22)13-16)20(23)18-7-2-3-8-19(18)24-21/h2-13H,1H3/t21-/m1/s1. The third-order valence-corrected chi connectivity index (χ3v) is 4.40. The summed E-state index contributed by atoms with van der Waals surface area (Å²) in [5.74, 6) is -0.0498. The minimum absolute atomic E-state index is 0.174. The normalized spacial score (nSPS) is 19.0. The average molecular weight is 318 g/mol. The molecule has 118 valence electrons. The number of hydrogen-bond acceptors (Lipinski definition) is 2. The number of ether oxygens (including phenoxy) is 1. The van der Waals surface area contributed by atoms with Crippen molar-refractivity contribution in [3.63, 3.8) is 0 Å². The molecule has 3 aromatic carbocycles. The highest BCUT2D eigenvalue weighted by Gasteiger charge is 2.50. The Labute approximate surface area is 139 Å². The van der Waals surface area contributed by atoms with Gasteiger partial charge in [0.25, 0.3) is 0 Å². The first-order chi connectivity index (χ1) is 11.6. The summed E-state index contributed by atoms with van der Waals surface area (Å²) in [4.78, 5) is 13.3. The molecule has 1 heterocycles. The first-order valence-corrected chi connectivity index (χ1v) is 7.77. The molecule has 0 amide bonds. The van der Waals surface area contributed by atoms with Gasteiger partial charge in [-0.05, 0) is 31.2 Å². The molecule has 1 aliphatic rings. The lowest BCUT2D eigenvalue weighted by Gasteiger charge is -2.28. The Hall–Kier alpha value is -2.94. The number of benzene rings is 3. The Kier molecular flexibility index (Phi) is 3.24. The molecule has 0 fully saturated rings. The van der Waals surface area contributed by atoms with Gasteiger partial charge in [0.2, 0.25) is 11.4 Å². The van der Waals surface area contributed by atoms with Crippen LogP contribution in [-0.2, 0) is 5.60 Å². The molecule has 0 aliphatic carbocycles. The molecule has 0 spiro atoms. The van der Waals surface area contributed by atoms with Gasteiger partial charge in [0.1, 0.15) is 11.6 Å². The van der Waals surface area contributed by atoms with Crippen molar-refractivity contribution < 1.29 is 13.9 Å². The van der Waals surface area contributed by atoms with E-state index in [1.54, 1.807) is 30.3 Å². The second-order valence-electron chi connectivity index (χ2n) is 5.98. The average Bonchev–Trinajstić information content (AvgIpc) is 2.90. The number of para-hydroxylation sites is 1. The highest BCUT2D eigenvalue weighted by molar-refractivity contribution is 6.10. The van der Waals surface area contributed by atoms with Crippen molar-refractivity contribution in [2.45, 2.75) is 12.5 Å². The molecule has 3 heteroatoms. The Morgan fingerprint density at radius 2 is 1.62 bits per heavy atom. The molecule has 3 aromatic rings. The smallest absolute Gasteiger partial charge is 0.222 e. The zero-order chi connectivity index (χ0) is 16.7. The number of halogens is 1. The van der Waals surface area contributed by atoms with Crippen LogP contribution in [0.2, 0.25) is 0 Å². The second-order valence-corrected chi connectivity index (χ2v) is 5.98. The van der Waals surface area contributed by atoms with E-state index in [1.807, 2.05) is 37.3 Å². The lowest BCUT2D eigenvalue weighted by molar-refractivity contribution is 0.0685. The molecule has 0 N–H and O–H groups in total. The van der Waals surface area contributed by atoms with Crippen molar-refractivity contribution in [2.24, 2.45) is 0 Å². The summed E-state index contributed by atoms with van der Waals surface area (Å²) in [7, 11) is 0. The van der Waals surface area contributed by atoms with Crippen molar-refractivity contribution in [1.29, 1.82) is 0 Å². The Morgan fingerprint density at radius 3 is 2.33 bits per heavy atom. The molecule has 1 aliphatic heterocycles. The van der Waals surface area contributed by atoms with Crippen LogP contribution in [0.5, 0.6) is 5.75 Å². The zero-order valence-corrected chi connectivity index (χ0v) is 13.1. The molecule has 2 nitrogen and oxygen atoms in total. The highest BCUT2D eigenvalue weighted by atomic mass is 19.1. The lowest BCUT2D eigenvalue weighted by Crippen LogP contribution is -2.38. The quantitative estimate of drug-likeness (QED) is 0.687. The SMILES string of the molecule is Cc1ccc([C@]2(c3cccc(F)c3)Oc3ccccc3C2=O)cc1. The maximum Gasteiger partial charge on any atom is 0.222 e. The van der Waals surface area contributed by atoms with Gasteiger partial charge in [-0.1, -0.05) is 54.1 Å². The fourth-order valence-corrected chi connectivity index (χ4v) is 3.19. The van der Waals surface area contributed by atoms with Gasteiger partial charge in [-0.2, -0.15) is 0 Å². The van der Waals surface area contributed by atoms with Crippen LogP contribution in [0, 0.1) is 12.7 Å². The molecular formula is C21H15FO2. The van der Waals surface area contributed by atoms with E-state index in [9.17, 15) is 9.18 Å². The van der Waals surface area contributed by atoms with Gasteiger partial charge in [-0.15, -0.1) is 0 Å². The van der Waals surface area contributed by atoms with Gasteiger partial charge < -0.3 is 4.74 Å². The topological polar surface area (TPSA) is 26.3 Å². The summed E-state index contributed by atoms with van der Waals surface area (Å²) >= 11 is 0. The predicted octanol–water partition coefficient (Wildman–Crippen LogP) is 4.65. The molecule has 0 saturated heterocycles. The summed E-state index contributed by atoms with van der Waals surface area (Å²) in [6.45, 7) is 1.98. The van der Waals surface area contributed by atoms with Gasteiger partial charge in [0.15, 0.2) is 0 Å². The molecule has 24 heavy (non-hydrogen) atoms. The lowest BCUT2D eigenvalue weighted by atomic mass is 9.81. The summed E-state index contributed by atoms with van der Waals surface area (Å²) in [6, 6.07) is 20.8. The van der Waals surface area contributed by atoms with Crippen molar-refractivity contribution in [1.82, 2.24) is 0 Å². The fourth-order valence-electron chi connectivity index (χ4n) is 3.19. The second kappa shape index (κ2) is 5.31. The van der Waals surface area contributed by atoms with Crippen LogP contribution in [0.25, 0.3) is 0 Å². The third kappa shape index (κ3) is 2.05. The minimum Gasteiger partial charge on any atom is -0.469 e. The van der Waals surface area contributed by atoms with Gasteiger partial charge in [-0.3, -0.25) is 4.79 Å². The maximum absolute atomic E-state index is 13.9. The summed E-state index contributed by atoms with van der Waals surface area (Å²) in [6.07, 6.45) is 0. The van der Waals surface area contributed by atoms with Crippen LogP contribution in [0.15, 0.2) is 72.8 Å². The van der Waals surface area contributed by atoms with Crippen molar-refractivity contribution in [3.8, 4) is 5.75 Å². The van der Waals surface area contributed by atoms with E-state index in [0.29, 0.717) is 22.4 Å². The number of aryl methyl sites for hydroxylation is 1. The van der Waals surface area contributed by atoms with Gasteiger partial charge >= 0.3 is 0 Å². The number of hydrogen-bond donors (Lipinski definition) is 0. The van der Waals surface area contributed by atoms with E-state index in [1.165, 1.54) is 12.1 Å². The van der Waals surface area contributed by atoms with Crippen LogP contribution >= 0.6 is 0 Å². The number of rotatable bonds is 2. The molecule has 0 bridgehead atoms. The van der Waals surface area contributed by atoms with E-state index >= 15 is 0 Å². The zero-order valence-electron chi connectivity index (χ0n) is 13.1. The first kappa shape index (κ1) is 14.6. The van der Waals surface area contributed by atoms with Crippen LogP contribution in [0.4, 0.5) is 4.39 Å². The molecule has 4 rings (SSSR count). The molecule has 0 radical (unpaired) electrons. The van der Waals surface area contributed by atoms with E-state index in [4.69, 9.17) is 4.74 Å². The summed E-state index contributed by atoms with van der Waals surface area (Å²) < 4.78 is 20.0. The van der Waals surface area contributed by atoms with Crippen molar-refractivity contribution in [3.05, 3.63) is 101 Å². The van der Waals surface area contributed by atoms with Crippen LogP contribution in [0.3, 0.4) is 0 Å². The summed E-state index contributed by atoms with van der Waals surface area (Å²) in [5, 5.41) is 0. The van der Waals surface area contributed by atoms with Crippen LogP contribution < -0.4 is 4.74 Å². The molecular weight excluding hydrogens is 303 g/mol. The van der Waals surface area contributed by atoms with E-state index in [0.717, 1.165) is 5.56 Å². The van der Waals surface area contributed by atoms with E-state index in [2.05, 4.69) is 0 Å². The number of carbonyl (C=O) groups is 1. The number of fused-ring (bicyclic) bond motifs is 1. The van der Waals surface area contributed by atoms with Gasteiger partial charge in [0.05, 0.1) is 5.56 Å². The number of Topliss-reactive ketones (excluding diaryl/α,β-unsaturated/α-hetero) is 1. The van der Waals surface area contributed by atoms with Crippen molar-refractivity contribution >= 4 is 5.78 Å². The van der Waals surface area contributed by atoms with Gasteiger partial charge in [-0.25, -0.2) is 4.39 Å². The largest absolute Gasteiger partial charge is 0.469 e. The van der Waals surface area contributed by atoms with Crippen molar-refractivity contribution in [2.75, 3.05) is 0 Å². The third-order valence-electron chi connectivity index (χ3n) is 4.40. The molecule has 1 atom stereocenters. The predicted molar refractivity (Wildman–Crippen MR) is 89.8 cm³/mol. The monoisotopic (exact) mass is 318 g/mol. The first-order valence-electron chi connectivity index (χ1n) is 7.77. The summed E-state index contributed by atoms with van der Waals surface area (Å²) in [5.41, 5.74) is 1.44. The molecule has 0 unspecified atom stereocenters. The highest BCUT2D eigenvalue weighted by Crippen LogP contribution is 2.45.